The van der Waals surface area contributed by atoms with Gasteiger partial charge in [-0.25, -0.2) is 0 Å². The van der Waals surface area contributed by atoms with Crippen LogP contribution in [-0.2, 0) is 0 Å². The predicted molar refractivity (Wildman–Crippen MR) is 75.5 cm³/mol. The number of rotatable bonds is 2. The van der Waals surface area contributed by atoms with E-state index >= 15 is 0 Å². The van der Waals surface area contributed by atoms with E-state index in [1.807, 2.05) is 19.1 Å². The Hall–Kier alpha value is -0.540. The number of halogens is 1. The monoisotopic (exact) mass is 297 g/mol. The second-order valence-corrected chi connectivity index (χ2v) is 5.70. The first-order chi connectivity index (χ1) is 8.18. The van der Waals surface area contributed by atoms with Crippen molar-refractivity contribution < 1.29 is 5.11 Å². The average Bonchev–Trinajstić information content (AvgIpc) is 2.56. The van der Waals surface area contributed by atoms with Gasteiger partial charge in [0.15, 0.2) is 0 Å². The summed E-state index contributed by atoms with van der Waals surface area (Å²) in [6.45, 7) is 4.05. The van der Waals surface area contributed by atoms with Crippen molar-refractivity contribution in [1.82, 2.24) is 0 Å². The molecule has 1 fully saturated rings. The third kappa shape index (κ3) is 3.23. The summed E-state index contributed by atoms with van der Waals surface area (Å²) in [5, 5.41) is 9.85. The molecule has 1 heterocycles. The highest BCUT2D eigenvalue weighted by Gasteiger charge is 2.16. The minimum absolute atomic E-state index is 0.402. The molecular formula is C14H20BrNO. The summed E-state index contributed by atoms with van der Waals surface area (Å²) in [7, 11) is 0. The molecule has 1 aliphatic rings. The molecule has 94 valence electrons. The Morgan fingerprint density at radius 1 is 1.18 bits per heavy atom. The van der Waals surface area contributed by atoms with Crippen LogP contribution in [0.5, 0.6) is 0 Å². The van der Waals surface area contributed by atoms with Gasteiger partial charge in [-0.05, 0) is 31.9 Å². The van der Waals surface area contributed by atoms with Gasteiger partial charge in [0.25, 0.3) is 0 Å². The Morgan fingerprint density at radius 3 is 2.41 bits per heavy atom. The molecule has 0 radical (unpaired) electrons. The van der Waals surface area contributed by atoms with Crippen molar-refractivity contribution in [3.05, 3.63) is 28.2 Å². The Labute approximate surface area is 112 Å². The van der Waals surface area contributed by atoms with Gasteiger partial charge >= 0.3 is 0 Å². The van der Waals surface area contributed by atoms with Gasteiger partial charge in [0, 0.05) is 28.8 Å². The Balaban J connectivity index is 2.30. The third-order valence-electron chi connectivity index (χ3n) is 3.39. The largest absolute Gasteiger partial charge is 0.389 e. The number of benzene rings is 1. The minimum Gasteiger partial charge on any atom is -0.389 e. The first-order valence-corrected chi connectivity index (χ1v) is 7.20. The summed E-state index contributed by atoms with van der Waals surface area (Å²) in [6.07, 6.45) is 4.77. The van der Waals surface area contributed by atoms with Crippen LogP contribution >= 0.6 is 15.9 Å². The molecule has 1 aromatic carbocycles. The van der Waals surface area contributed by atoms with E-state index in [0.717, 1.165) is 23.1 Å². The molecule has 2 rings (SSSR count). The SMILES string of the molecule is CC(O)c1ccc(Br)cc1N1CCCCCC1. The highest BCUT2D eigenvalue weighted by molar-refractivity contribution is 9.10. The van der Waals surface area contributed by atoms with Gasteiger partial charge < -0.3 is 10.0 Å². The molecule has 0 amide bonds. The molecule has 0 aliphatic carbocycles. The maximum atomic E-state index is 9.85. The van der Waals surface area contributed by atoms with Crippen LogP contribution in [0.15, 0.2) is 22.7 Å². The Bertz CT molecular complexity index is 370. The normalized spacial score (nSPS) is 18.9. The van der Waals surface area contributed by atoms with Gasteiger partial charge in [-0.15, -0.1) is 0 Å². The lowest BCUT2D eigenvalue weighted by molar-refractivity contribution is 0.199. The maximum absolute atomic E-state index is 9.85. The van der Waals surface area contributed by atoms with E-state index in [1.165, 1.54) is 31.4 Å². The highest BCUT2D eigenvalue weighted by Crippen LogP contribution is 2.31. The molecule has 1 aromatic rings. The number of aliphatic hydroxyl groups is 1. The fraction of sp³-hybridized carbons (Fsp3) is 0.571. The lowest BCUT2D eigenvalue weighted by Gasteiger charge is -2.26. The van der Waals surface area contributed by atoms with Gasteiger partial charge in [0.05, 0.1) is 6.10 Å². The second-order valence-electron chi connectivity index (χ2n) is 4.78. The van der Waals surface area contributed by atoms with E-state index in [-0.39, 0.29) is 0 Å². The number of anilines is 1. The lowest BCUT2D eigenvalue weighted by Crippen LogP contribution is -2.25. The molecule has 1 unspecified atom stereocenters. The van der Waals surface area contributed by atoms with E-state index in [4.69, 9.17) is 0 Å². The molecule has 0 saturated carbocycles. The molecule has 1 aliphatic heterocycles. The number of hydrogen-bond acceptors (Lipinski definition) is 2. The van der Waals surface area contributed by atoms with Gasteiger partial charge in [0.1, 0.15) is 0 Å². The molecule has 2 nitrogen and oxygen atoms in total. The number of hydrogen-bond donors (Lipinski definition) is 1. The topological polar surface area (TPSA) is 23.5 Å². The summed E-state index contributed by atoms with van der Waals surface area (Å²) in [6, 6.07) is 6.16. The summed E-state index contributed by atoms with van der Waals surface area (Å²) in [5.41, 5.74) is 2.23. The fourth-order valence-corrected chi connectivity index (χ4v) is 2.80. The zero-order chi connectivity index (χ0) is 12.3. The van der Waals surface area contributed by atoms with Gasteiger partial charge in [-0.3, -0.25) is 0 Å². The van der Waals surface area contributed by atoms with Gasteiger partial charge in [-0.2, -0.15) is 0 Å². The van der Waals surface area contributed by atoms with Crippen molar-refractivity contribution in [2.75, 3.05) is 18.0 Å². The first kappa shape index (κ1) is 12.9. The fourth-order valence-electron chi connectivity index (χ4n) is 2.46. The van der Waals surface area contributed by atoms with Crippen molar-refractivity contribution in [3.8, 4) is 0 Å². The lowest BCUT2D eigenvalue weighted by atomic mass is 10.1. The molecule has 3 heteroatoms. The van der Waals surface area contributed by atoms with E-state index in [9.17, 15) is 5.11 Å². The first-order valence-electron chi connectivity index (χ1n) is 6.41. The summed E-state index contributed by atoms with van der Waals surface area (Å²) in [5.74, 6) is 0. The zero-order valence-electron chi connectivity index (χ0n) is 10.3. The summed E-state index contributed by atoms with van der Waals surface area (Å²) in [4.78, 5) is 2.42. The van der Waals surface area contributed by atoms with Crippen LogP contribution in [0.25, 0.3) is 0 Å². The van der Waals surface area contributed by atoms with Crippen LogP contribution in [0.4, 0.5) is 5.69 Å². The number of aliphatic hydroxyl groups excluding tert-OH is 1. The summed E-state index contributed by atoms with van der Waals surface area (Å²) < 4.78 is 1.08. The number of nitrogens with zero attached hydrogens (tertiary/aromatic N) is 1. The van der Waals surface area contributed by atoms with Crippen LogP contribution in [-0.4, -0.2) is 18.2 Å². The molecule has 1 atom stereocenters. The Morgan fingerprint density at radius 2 is 1.82 bits per heavy atom. The van der Waals surface area contributed by atoms with Crippen molar-refractivity contribution >= 4 is 21.6 Å². The standard InChI is InChI=1S/C14H20BrNO/c1-11(17)13-7-6-12(15)10-14(13)16-8-4-2-3-5-9-16/h6-7,10-11,17H,2-5,8-9H2,1H3. The van der Waals surface area contributed by atoms with E-state index in [1.54, 1.807) is 0 Å². The van der Waals surface area contributed by atoms with Crippen LogP contribution in [0.2, 0.25) is 0 Å². The molecule has 0 bridgehead atoms. The average molecular weight is 298 g/mol. The zero-order valence-corrected chi connectivity index (χ0v) is 11.9. The molecule has 0 spiro atoms. The molecule has 1 saturated heterocycles. The predicted octanol–water partition coefficient (Wildman–Crippen LogP) is 3.88. The van der Waals surface area contributed by atoms with E-state index < -0.39 is 6.10 Å². The van der Waals surface area contributed by atoms with Gasteiger partial charge in [0.2, 0.25) is 0 Å². The third-order valence-corrected chi connectivity index (χ3v) is 3.88. The van der Waals surface area contributed by atoms with Gasteiger partial charge in [-0.1, -0.05) is 34.8 Å². The van der Waals surface area contributed by atoms with E-state index in [2.05, 4.69) is 26.9 Å². The van der Waals surface area contributed by atoms with Crippen LogP contribution < -0.4 is 4.90 Å². The van der Waals surface area contributed by atoms with Crippen molar-refractivity contribution in [2.45, 2.75) is 38.7 Å². The summed E-state index contributed by atoms with van der Waals surface area (Å²) >= 11 is 3.52. The molecule has 1 N–H and O–H groups in total. The van der Waals surface area contributed by atoms with Crippen molar-refractivity contribution in [2.24, 2.45) is 0 Å². The highest BCUT2D eigenvalue weighted by atomic mass is 79.9. The second kappa shape index (κ2) is 5.87. The van der Waals surface area contributed by atoms with Crippen LogP contribution in [0.1, 0.15) is 44.3 Å². The smallest absolute Gasteiger partial charge is 0.0782 e. The quantitative estimate of drug-likeness (QED) is 0.895. The van der Waals surface area contributed by atoms with Crippen molar-refractivity contribution in [1.29, 1.82) is 0 Å². The van der Waals surface area contributed by atoms with E-state index in [0.29, 0.717) is 0 Å². The molecule has 17 heavy (non-hydrogen) atoms. The Kier molecular flexibility index (Phi) is 4.46. The maximum Gasteiger partial charge on any atom is 0.0782 e. The minimum atomic E-state index is -0.402. The molecular weight excluding hydrogens is 278 g/mol. The van der Waals surface area contributed by atoms with Crippen molar-refractivity contribution in [3.63, 3.8) is 0 Å². The van der Waals surface area contributed by atoms with Crippen LogP contribution in [0.3, 0.4) is 0 Å². The van der Waals surface area contributed by atoms with Crippen LogP contribution in [0, 0.1) is 0 Å². The molecule has 0 aromatic heterocycles.